The average Bonchev–Trinajstić information content (AvgIpc) is 2.03. The topological polar surface area (TPSA) is 26.0 Å². The summed E-state index contributed by atoms with van der Waals surface area (Å²) < 4.78 is 12.1. The van der Waals surface area contributed by atoms with Gasteiger partial charge in [0.05, 0.1) is 6.67 Å². The number of nitrogens with two attached hydrogens (primary N) is 1. The number of alkyl halides is 1. The minimum atomic E-state index is -0.353. The quantitative estimate of drug-likeness (QED) is 0.828. The summed E-state index contributed by atoms with van der Waals surface area (Å²) in [4.78, 5) is 0. The lowest BCUT2D eigenvalue weighted by Crippen LogP contribution is -2.11. The molecule has 1 nitrogen and oxygen atoms in total. The van der Waals surface area contributed by atoms with Crippen molar-refractivity contribution in [3.63, 3.8) is 0 Å². The van der Waals surface area contributed by atoms with Crippen LogP contribution in [0.1, 0.15) is 29.2 Å². The first-order valence-electron chi connectivity index (χ1n) is 4.53. The summed E-state index contributed by atoms with van der Waals surface area (Å²) in [5.74, 6) is 0. The van der Waals surface area contributed by atoms with E-state index in [-0.39, 0.29) is 25.1 Å². The lowest BCUT2D eigenvalue weighted by atomic mass is 10.0. The van der Waals surface area contributed by atoms with Crippen molar-refractivity contribution in [3.8, 4) is 0 Å². The third-order valence-corrected chi connectivity index (χ3v) is 2.09. The maximum Gasteiger partial charge on any atom is 0.0912 e. The standard InChI is InChI=1S/C11H16FN.ClH/c1-8-5-9(2)7-10(6-8)11(13)3-4-12;/h5-7,11H,3-4,13H2,1-2H3;1H/t11-;/m1./s1. The molecule has 3 heteroatoms. The molecule has 2 N–H and O–H groups in total. The Morgan fingerprint density at radius 3 is 2.14 bits per heavy atom. The molecule has 0 aliphatic heterocycles. The van der Waals surface area contributed by atoms with Crippen molar-refractivity contribution >= 4 is 12.4 Å². The first kappa shape index (κ1) is 13.4. The minimum Gasteiger partial charge on any atom is -0.324 e. The molecule has 0 fully saturated rings. The van der Waals surface area contributed by atoms with E-state index in [0.29, 0.717) is 6.42 Å². The second kappa shape index (κ2) is 5.99. The number of aryl methyl sites for hydroxylation is 2. The van der Waals surface area contributed by atoms with E-state index in [1.165, 1.54) is 11.1 Å². The second-order valence-corrected chi connectivity index (χ2v) is 3.51. The molecule has 1 aromatic carbocycles. The van der Waals surface area contributed by atoms with E-state index in [0.717, 1.165) is 5.56 Å². The molecule has 80 valence electrons. The molecule has 1 atom stereocenters. The van der Waals surface area contributed by atoms with Gasteiger partial charge in [-0.3, -0.25) is 4.39 Å². The molecular weight excluding hydrogens is 201 g/mol. The van der Waals surface area contributed by atoms with Gasteiger partial charge in [0.15, 0.2) is 0 Å². The van der Waals surface area contributed by atoms with Crippen LogP contribution in [0.3, 0.4) is 0 Å². The molecule has 0 aliphatic carbocycles. The maximum atomic E-state index is 12.1. The van der Waals surface area contributed by atoms with Gasteiger partial charge in [0, 0.05) is 6.04 Å². The first-order chi connectivity index (χ1) is 6.13. The number of benzene rings is 1. The highest BCUT2D eigenvalue weighted by Gasteiger charge is 2.05. The molecule has 0 saturated carbocycles. The highest BCUT2D eigenvalue weighted by Crippen LogP contribution is 2.17. The highest BCUT2D eigenvalue weighted by atomic mass is 35.5. The maximum absolute atomic E-state index is 12.1. The summed E-state index contributed by atoms with van der Waals surface area (Å²) in [5.41, 5.74) is 9.21. The van der Waals surface area contributed by atoms with Gasteiger partial charge in [0.1, 0.15) is 0 Å². The van der Waals surface area contributed by atoms with Gasteiger partial charge >= 0.3 is 0 Å². The van der Waals surface area contributed by atoms with Crippen LogP contribution >= 0.6 is 12.4 Å². The van der Waals surface area contributed by atoms with Gasteiger partial charge in [-0.05, 0) is 25.8 Å². The van der Waals surface area contributed by atoms with E-state index in [1.54, 1.807) is 0 Å². The largest absolute Gasteiger partial charge is 0.324 e. The smallest absolute Gasteiger partial charge is 0.0912 e. The molecule has 0 heterocycles. The molecule has 0 unspecified atom stereocenters. The van der Waals surface area contributed by atoms with Crippen LogP contribution in [0, 0.1) is 13.8 Å². The Kier molecular flexibility index (Phi) is 5.73. The number of hydrogen-bond acceptors (Lipinski definition) is 1. The van der Waals surface area contributed by atoms with E-state index in [4.69, 9.17) is 5.73 Å². The van der Waals surface area contributed by atoms with E-state index < -0.39 is 0 Å². The van der Waals surface area contributed by atoms with Gasteiger partial charge in [-0.2, -0.15) is 0 Å². The first-order valence-corrected chi connectivity index (χ1v) is 4.53. The Hall–Kier alpha value is -0.600. The van der Waals surface area contributed by atoms with Crippen LogP contribution in [0.5, 0.6) is 0 Å². The van der Waals surface area contributed by atoms with Crippen LogP contribution in [0.4, 0.5) is 4.39 Å². The molecule has 1 aromatic rings. The van der Waals surface area contributed by atoms with Crippen molar-refractivity contribution in [1.29, 1.82) is 0 Å². The predicted molar refractivity (Wildman–Crippen MR) is 60.7 cm³/mol. The zero-order valence-electron chi connectivity index (χ0n) is 8.59. The van der Waals surface area contributed by atoms with E-state index in [9.17, 15) is 4.39 Å². The number of hydrogen-bond donors (Lipinski definition) is 1. The van der Waals surface area contributed by atoms with Crippen molar-refractivity contribution in [2.45, 2.75) is 26.3 Å². The van der Waals surface area contributed by atoms with E-state index in [2.05, 4.69) is 6.07 Å². The minimum absolute atomic E-state index is 0. The fourth-order valence-electron chi connectivity index (χ4n) is 1.51. The highest BCUT2D eigenvalue weighted by molar-refractivity contribution is 5.85. The summed E-state index contributed by atoms with van der Waals surface area (Å²) in [7, 11) is 0. The number of rotatable bonds is 3. The van der Waals surface area contributed by atoms with Crippen LogP contribution < -0.4 is 5.73 Å². The molecular formula is C11H17ClFN. The van der Waals surface area contributed by atoms with Gasteiger partial charge < -0.3 is 5.73 Å². The van der Waals surface area contributed by atoms with Crippen molar-refractivity contribution in [3.05, 3.63) is 34.9 Å². The normalized spacial score (nSPS) is 12.0. The Bertz CT molecular complexity index is 268. The van der Waals surface area contributed by atoms with Crippen molar-refractivity contribution in [2.75, 3.05) is 6.67 Å². The molecule has 0 radical (unpaired) electrons. The predicted octanol–water partition coefficient (Wildman–Crippen LogP) is 3.08. The average molecular weight is 218 g/mol. The fraction of sp³-hybridized carbons (Fsp3) is 0.455. The molecule has 0 saturated heterocycles. The van der Waals surface area contributed by atoms with Gasteiger partial charge in [-0.1, -0.05) is 29.3 Å². The summed E-state index contributed by atoms with van der Waals surface area (Å²) in [6.07, 6.45) is 0.406. The van der Waals surface area contributed by atoms with Crippen molar-refractivity contribution in [1.82, 2.24) is 0 Å². The summed E-state index contributed by atoms with van der Waals surface area (Å²) in [6, 6.07) is 5.97. The van der Waals surface area contributed by atoms with Crippen LogP contribution in [0.15, 0.2) is 18.2 Å². The molecule has 0 amide bonds. The molecule has 14 heavy (non-hydrogen) atoms. The fourth-order valence-corrected chi connectivity index (χ4v) is 1.51. The summed E-state index contributed by atoms with van der Waals surface area (Å²) in [5, 5.41) is 0. The molecule has 1 rings (SSSR count). The summed E-state index contributed by atoms with van der Waals surface area (Å²) in [6.45, 7) is 3.70. The van der Waals surface area contributed by atoms with Crippen molar-refractivity contribution < 1.29 is 4.39 Å². The molecule has 0 spiro atoms. The summed E-state index contributed by atoms with van der Waals surface area (Å²) >= 11 is 0. The van der Waals surface area contributed by atoms with Crippen LogP contribution in [0.25, 0.3) is 0 Å². The SMILES string of the molecule is Cc1cc(C)cc([C@H](N)CCF)c1.Cl. The van der Waals surface area contributed by atoms with Crippen LogP contribution in [0.2, 0.25) is 0 Å². The number of halogens is 2. The van der Waals surface area contributed by atoms with Gasteiger partial charge in [-0.25, -0.2) is 0 Å². The Labute approximate surface area is 90.9 Å². The van der Waals surface area contributed by atoms with Gasteiger partial charge in [0.2, 0.25) is 0 Å². The third-order valence-electron chi connectivity index (χ3n) is 2.09. The Morgan fingerprint density at radius 1 is 1.21 bits per heavy atom. The van der Waals surface area contributed by atoms with E-state index in [1.807, 2.05) is 26.0 Å². The molecule has 0 aliphatic rings. The third kappa shape index (κ3) is 3.64. The lowest BCUT2D eigenvalue weighted by molar-refractivity contribution is 0.442. The Morgan fingerprint density at radius 2 is 1.71 bits per heavy atom. The Balaban J connectivity index is 0.00000169. The zero-order valence-corrected chi connectivity index (χ0v) is 9.40. The monoisotopic (exact) mass is 217 g/mol. The van der Waals surface area contributed by atoms with Crippen molar-refractivity contribution in [2.24, 2.45) is 5.73 Å². The van der Waals surface area contributed by atoms with Gasteiger partial charge in [-0.15, -0.1) is 12.4 Å². The lowest BCUT2D eigenvalue weighted by Gasteiger charge is -2.11. The van der Waals surface area contributed by atoms with Crippen LogP contribution in [-0.2, 0) is 0 Å². The molecule has 0 bridgehead atoms. The molecule has 0 aromatic heterocycles. The van der Waals surface area contributed by atoms with E-state index >= 15 is 0 Å². The van der Waals surface area contributed by atoms with Crippen LogP contribution in [-0.4, -0.2) is 6.67 Å². The zero-order chi connectivity index (χ0) is 9.84. The second-order valence-electron chi connectivity index (χ2n) is 3.51. The van der Waals surface area contributed by atoms with Gasteiger partial charge in [0.25, 0.3) is 0 Å².